The maximum absolute atomic E-state index is 13.0. The van der Waals surface area contributed by atoms with Crippen LogP contribution >= 0.6 is 11.6 Å². The van der Waals surface area contributed by atoms with Crippen molar-refractivity contribution >= 4 is 17.3 Å². The van der Waals surface area contributed by atoms with Gasteiger partial charge in [-0.1, -0.05) is 11.6 Å². The average molecular weight is 270 g/mol. The first-order chi connectivity index (χ1) is 8.56. The molecule has 2 rings (SSSR count). The molecule has 0 bridgehead atoms. The number of ether oxygens (including phenoxy) is 1. The zero-order valence-corrected chi connectivity index (χ0v) is 10.0. The molecule has 5 heteroatoms. The van der Waals surface area contributed by atoms with Crippen molar-refractivity contribution in [2.24, 2.45) is 0 Å². The number of rotatable bonds is 3. The minimum Gasteiger partial charge on any atom is -0.487 e. The first-order valence-electron chi connectivity index (χ1n) is 5.18. The lowest BCUT2D eigenvalue weighted by Crippen LogP contribution is -2.00. The topological polar surface area (TPSA) is 35.2 Å². The molecular weight excluding hydrogens is 260 g/mol. The highest BCUT2D eigenvalue weighted by Crippen LogP contribution is 2.25. The normalized spacial score (nSPS) is 10.4. The minimum absolute atomic E-state index is 0.0181. The molecule has 0 spiro atoms. The van der Waals surface area contributed by atoms with Gasteiger partial charge < -0.3 is 10.5 Å². The van der Waals surface area contributed by atoms with Gasteiger partial charge in [0.1, 0.15) is 24.0 Å². The SMILES string of the molecule is Nc1ccc(F)cc1OCc1cc(F)ccc1Cl. The van der Waals surface area contributed by atoms with Gasteiger partial charge in [0.25, 0.3) is 0 Å². The number of anilines is 1. The summed E-state index contributed by atoms with van der Waals surface area (Å²) in [5, 5.41) is 0.381. The Hall–Kier alpha value is -1.81. The summed E-state index contributed by atoms with van der Waals surface area (Å²) in [6.45, 7) is 0.0181. The maximum Gasteiger partial charge on any atom is 0.145 e. The Morgan fingerprint density at radius 1 is 1.06 bits per heavy atom. The molecule has 0 atom stereocenters. The van der Waals surface area contributed by atoms with Crippen LogP contribution in [0.3, 0.4) is 0 Å². The second-order valence-corrected chi connectivity index (χ2v) is 4.11. The van der Waals surface area contributed by atoms with Crippen LogP contribution in [-0.4, -0.2) is 0 Å². The van der Waals surface area contributed by atoms with Crippen LogP contribution in [0, 0.1) is 11.6 Å². The molecule has 0 heterocycles. The molecule has 2 aromatic carbocycles. The predicted octanol–water partition coefficient (Wildman–Crippen LogP) is 3.78. The first kappa shape index (κ1) is 12.6. The summed E-state index contributed by atoms with van der Waals surface area (Å²) in [7, 11) is 0. The average Bonchev–Trinajstić information content (AvgIpc) is 2.34. The monoisotopic (exact) mass is 269 g/mol. The molecule has 0 radical (unpaired) electrons. The van der Waals surface area contributed by atoms with Crippen LogP contribution in [0.4, 0.5) is 14.5 Å². The molecule has 0 aliphatic heterocycles. The molecule has 18 heavy (non-hydrogen) atoms. The van der Waals surface area contributed by atoms with Crippen molar-refractivity contribution in [3.05, 3.63) is 58.6 Å². The van der Waals surface area contributed by atoms with Crippen LogP contribution in [0.1, 0.15) is 5.56 Å². The number of nitrogens with two attached hydrogens (primary N) is 1. The van der Waals surface area contributed by atoms with Gasteiger partial charge in [0.2, 0.25) is 0 Å². The van der Waals surface area contributed by atoms with Crippen molar-refractivity contribution < 1.29 is 13.5 Å². The second-order valence-electron chi connectivity index (χ2n) is 3.71. The fourth-order valence-corrected chi connectivity index (χ4v) is 1.61. The molecular formula is C13H10ClF2NO. The molecule has 0 saturated carbocycles. The van der Waals surface area contributed by atoms with E-state index < -0.39 is 11.6 Å². The molecule has 0 unspecified atom stereocenters. The summed E-state index contributed by atoms with van der Waals surface area (Å²) in [4.78, 5) is 0. The fraction of sp³-hybridized carbons (Fsp3) is 0.0769. The zero-order valence-electron chi connectivity index (χ0n) is 9.29. The summed E-state index contributed by atoms with van der Waals surface area (Å²) in [5.74, 6) is -0.662. The predicted molar refractivity (Wildman–Crippen MR) is 66.6 cm³/mol. The Morgan fingerprint density at radius 3 is 2.50 bits per heavy atom. The van der Waals surface area contributed by atoms with Gasteiger partial charge in [0.15, 0.2) is 0 Å². The van der Waals surface area contributed by atoms with E-state index in [2.05, 4.69) is 0 Å². The highest BCUT2D eigenvalue weighted by molar-refractivity contribution is 6.31. The number of nitrogen functional groups attached to an aromatic ring is 1. The van der Waals surface area contributed by atoms with Crippen molar-refractivity contribution in [3.63, 3.8) is 0 Å². The lowest BCUT2D eigenvalue weighted by atomic mass is 10.2. The molecule has 0 amide bonds. The first-order valence-corrected chi connectivity index (χ1v) is 5.56. The third-order valence-electron chi connectivity index (χ3n) is 2.37. The van der Waals surface area contributed by atoms with Crippen molar-refractivity contribution in [3.8, 4) is 5.75 Å². The van der Waals surface area contributed by atoms with E-state index in [0.29, 0.717) is 16.3 Å². The second kappa shape index (κ2) is 5.23. The molecule has 2 aromatic rings. The van der Waals surface area contributed by atoms with Gasteiger partial charge in [-0.3, -0.25) is 0 Å². The smallest absolute Gasteiger partial charge is 0.145 e. The van der Waals surface area contributed by atoms with E-state index in [1.54, 1.807) is 0 Å². The van der Waals surface area contributed by atoms with E-state index in [0.717, 1.165) is 0 Å². The van der Waals surface area contributed by atoms with Crippen LogP contribution < -0.4 is 10.5 Å². The minimum atomic E-state index is -0.454. The van der Waals surface area contributed by atoms with E-state index in [4.69, 9.17) is 22.1 Å². The van der Waals surface area contributed by atoms with Gasteiger partial charge >= 0.3 is 0 Å². The largest absolute Gasteiger partial charge is 0.487 e. The number of hydrogen-bond acceptors (Lipinski definition) is 2. The third-order valence-corrected chi connectivity index (χ3v) is 2.74. The van der Waals surface area contributed by atoms with Crippen LogP contribution in [0.25, 0.3) is 0 Å². The number of halogens is 3. The van der Waals surface area contributed by atoms with Gasteiger partial charge in [0, 0.05) is 16.7 Å². The zero-order chi connectivity index (χ0) is 13.1. The summed E-state index contributed by atoms with van der Waals surface area (Å²) in [6, 6.07) is 7.75. The number of hydrogen-bond donors (Lipinski definition) is 1. The molecule has 0 saturated heterocycles. The lowest BCUT2D eigenvalue weighted by Gasteiger charge is -2.10. The highest BCUT2D eigenvalue weighted by Gasteiger charge is 2.06. The Labute approximate surface area is 108 Å². The molecule has 0 fully saturated rings. The summed E-state index contributed by atoms with van der Waals surface area (Å²) < 4.78 is 31.3. The van der Waals surface area contributed by atoms with Crippen LogP contribution in [0.5, 0.6) is 5.75 Å². The van der Waals surface area contributed by atoms with Crippen LogP contribution in [-0.2, 0) is 6.61 Å². The molecule has 0 aliphatic carbocycles. The van der Waals surface area contributed by atoms with Gasteiger partial charge in [0.05, 0.1) is 5.69 Å². The third kappa shape index (κ3) is 2.90. The fourth-order valence-electron chi connectivity index (χ4n) is 1.44. The standard InChI is InChI=1S/C13H10ClF2NO/c14-11-3-1-9(15)5-8(11)7-18-13-6-10(16)2-4-12(13)17/h1-6H,7,17H2. The Morgan fingerprint density at radius 2 is 1.72 bits per heavy atom. The highest BCUT2D eigenvalue weighted by atomic mass is 35.5. The molecule has 2 nitrogen and oxygen atoms in total. The van der Waals surface area contributed by atoms with Gasteiger partial charge in [-0.25, -0.2) is 8.78 Å². The van der Waals surface area contributed by atoms with Crippen molar-refractivity contribution in [2.75, 3.05) is 5.73 Å². The van der Waals surface area contributed by atoms with E-state index in [1.807, 2.05) is 0 Å². The van der Waals surface area contributed by atoms with Crippen molar-refractivity contribution in [1.82, 2.24) is 0 Å². The van der Waals surface area contributed by atoms with E-state index in [1.165, 1.54) is 36.4 Å². The molecule has 2 N–H and O–H groups in total. The van der Waals surface area contributed by atoms with Gasteiger partial charge in [-0.05, 0) is 30.3 Å². The quantitative estimate of drug-likeness (QED) is 0.861. The van der Waals surface area contributed by atoms with E-state index in [9.17, 15) is 8.78 Å². The molecule has 0 aromatic heterocycles. The van der Waals surface area contributed by atoms with E-state index >= 15 is 0 Å². The van der Waals surface area contributed by atoms with Gasteiger partial charge in [-0.15, -0.1) is 0 Å². The molecule has 0 aliphatic rings. The van der Waals surface area contributed by atoms with Gasteiger partial charge in [-0.2, -0.15) is 0 Å². The Bertz CT molecular complexity index is 523. The maximum atomic E-state index is 13.0. The van der Waals surface area contributed by atoms with Crippen LogP contribution in [0.15, 0.2) is 36.4 Å². The number of benzene rings is 2. The Balaban J connectivity index is 2.16. The van der Waals surface area contributed by atoms with Crippen molar-refractivity contribution in [1.29, 1.82) is 0 Å². The molecule has 94 valence electrons. The van der Waals surface area contributed by atoms with E-state index in [-0.39, 0.29) is 12.4 Å². The Kier molecular flexibility index (Phi) is 3.67. The lowest BCUT2D eigenvalue weighted by molar-refractivity contribution is 0.306. The van der Waals surface area contributed by atoms with Crippen molar-refractivity contribution in [2.45, 2.75) is 6.61 Å². The summed E-state index contributed by atoms with van der Waals surface area (Å²) >= 11 is 5.88. The van der Waals surface area contributed by atoms with Crippen LogP contribution in [0.2, 0.25) is 5.02 Å². The summed E-state index contributed by atoms with van der Waals surface area (Å²) in [6.07, 6.45) is 0. The summed E-state index contributed by atoms with van der Waals surface area (Å²) in [5.41, 5.74) is 6.40.